The quantitative estimate of drug-likeness (QED) is 0.482. The van der Waals surface area contributed by atoms with Crippen LogP contribution < -0.4 is 5.73 Å². The van der Waals surface area contributed by atoms with Crippen LogP contribution in [0.4, 0.5) is 0 Å². The number of aliphatic hydroxyl groups excluding tert-OH is 1. The Morgan fingerprint density at radius 3 is 3.00 bits per heavy atom. The summed E-state index contributed by atoms with van der Waals surface area (Å²) in [6.45, 7) is 0.744. The van der Waals surface area contributed by atoms with Crippen molar-refractivity contribution in [2.75, 3.05) is 13.2 Å². The van der Waals surface area contributed by atoms with Crippen molar-refractivity contribution in [3.8, 4) is 0 Å². The molecule has 0 aromatic carbocycles. The summed E-state index contributed by atoms with van der Waals surface area (Å²) in [6, 6.07) is 7.45. The van der Waals surface area contributed by atoms with E-state index in [1.807, 2.05) is 24.3 Å². The average Bonchev–Trinajstić information content (AvgIpc) is 3.29. The number of allylic oxidation sites excluding steroid dienone is 1. The topological polar surface area (TPSA) is 128 Å². The average molecular weight is 380 g/mol. The predicted molar refractivity (Wildman–Crippen MR) is 104 cm³/mol. The van der Waals surface area contributed by atoms with Crippen molar-refractivity contribution >= 4 is 44.6 Å². The first kappa shape index (κ1) is 17.2. The van der Waals surface area contributed by atoms with Crippen molar-refractivity contribution in [2.24, 2.45) is 10.7 Å². The second-order valence-corrected chi connectivity index (χ2v) is 6.66. The zero-order chi connectivity index (χ0) is 18.6. The van der Waals surface area contributed by atoms with Crippen molar-refractivity contribution in [3.63, 3.8) is 0 Å². The first-order chi connectivity index (χ1) is 13.3. The Hall–Kier alpha value is -3.24. The van der Waals surface area contributed by atoms with Gasteiger partial charge in [0, 0.05) is 24.2 Å². The third-order valence-electron chi connectivity index (χ3n) is 3.79. The molecule has 4 heterocycles. The van der Waals surface area contributed by atoms with Crippen molar-refractivity contribution < 1.29 is 5.11 Å². The van der Waals surface area contributed by atoms with E-state index in [9.17, 15) is 0 Å². The molecule has 0 saturated heterocycles. The number of rotatable bonds is 6. The molecule has 4 rings (SSSR count). The summed E-state index contributed by atoms with van der Waals surface area (Å²) in [6.07, 6.45) is 4.78. The summed E-state index contributed by atoms with van der Waals surface area (Å²) in [5, 5.41) is 18.1. The zero-order valence-corrected chi connectivity index (χ0v) is 15.0. The molecule has 10 heteroatoms. The first-order valence-corrected chi connectivity index (χ1v) is 9.04. The van der Waals surface area contributed by atoms with Crippen LogP contribution in [0.2, 0.25) is 0 Å². The largest absolute Gasteiger partial charge is 0.404 e. The van der Waals surface area contributed by atoms with E-state index in [0.717, 1.165) is 15.4 Å². The van der Waals surface area contributed by atoms with E-state index in [0.29, 0.717) is 35.5 Å². The van der Waals surface area contributed by atoms with Crippen molar-refractivity contribution in [1.82, 2.24) is 29.9 Å². The highest BCUT2D eigenvalue weighted by Crippen LogP contribution is 2.21. The molecular formula is C17H16N8OS. The molecule has 0 aliphatic carbocycles. The van der Waals surface area contributed by atoms with Crippen LogP contribution in [-0.4, -0.2) is 54.4 Å². The molecule has 136 valence electrons. The van der Waals surface area contributed by atoms with E-state index in [4.69, 9.17) is 10.8 Å². The van der Waals surface area contributed by atoms with Crippen LogP contribution in [0.3, 0.4) is 0 Å². The minimum atomic E-state index is -0.0193. The second kappa shape index (κ2) is 7.56. The van der Waals surface area contributed by atoms with Crippen LogP contribution in [0.1, 0.15) is 10.7 Å². The lowest BCUT2D eigenvalue weighted by Gasteiger charge is -2.02. The number of pyridine rings is 2. The summed E-state index contributed by atoms with van der Waals surface area (Å²) in [5.41, 5.74) is 9.19. The molecule has 0 aliphatic heterocycles. The number of thiazole rings is 1. The van der Waals surface area contributed by atoms with E-state index in [1.165, 1.54) is 17.5 Å². The van der Waals surface area contributed by atoms with Gasteiger partial charge in [-0.3, -0.25) is 4.99 Å². The molecule has 27 heavy (non-hydrogen) atoms. The van der Waals surface area contributed by atoms with Crippen molar-refractivity contribution in [1.29, 1.82) is 0 Å². The van der Waals surface area contributed by atoms with E-state index in [1.54, 1.807) is 17.1 Å². The Balaban J connectivity index is 1.67. The van der Waals surface area contributed by atoms with Crippen LogP contribution >= 0.6 is 11.3 Å². The molecule has 0 saturated carbocycles. The first-order valence-electron chi connectivity index (χ1n) is 8.22. The van der Waals surface area contributed by atoms with Gasteiger partial charge < -0.3 is 10.8 Å². The van der Waals surface area contributed by atoms with E-state index in [-0.39, 0.29) is 6.61 Å². The highest BCUT2D eigenvalue weighted by atomic mass is 32.1. The maximum absolute atomic E-state index is 8.86. The molecule has 0 spiro atoms. The van der Waals surface area contributed by atoms with Gasteiger partial charge in [-0.2, -0.15) is 0 Å². The van der Waals surface area contributed by atoms with Crippen LogP contribution in [0, 0.1) is 0 Å². The summed E-state index contributed by atoms with van der Waals surface area (Å²) in [4.78, 5) is 18.5. The SMILES string of the molecule is NC=C(C=NCCO)c1ccc2nnn(Cc3nc4cccnc4s3)c2n1. The van der Waals surface area contributed by atoms with E-state index in [2.05, 4.69) is 30.3 Å². The zero-order valence-electron chi connectivity index (χ0n) is 14.2. The Kier molecular flexibility index (Phi) is 4.81. The lowest BCUT2D eigenvalue weighted by atomic mass is 10.2. The van der Waals surface area contributed by atoms with Gasteiger partial charge in [0.15, 0.2) is 5.65 Å². The molecule has 0 unspecified atom stereocenters. The van der Waals surface area contributed by atoms with Crippen molar-refractivity contribution in [2.45, 2.75) is 6.54 Å². The second-order valence-electron chi connectivity index (χ2n) is 5.60. The molecule has 4 aromatic heterocycles. The van der Waals surface area contributed by atoms with Gasteiger partial charge in [-0.25, -0.2) is 19.6 Å². The molecular weight excluding hydrogens is 364 g/mol. The smallest absolute Gasteiger partial charge is 0.179 e. The van der Waals surface area contributed by atoms with Crippen LogP contribution in [0.15, 0.2) is 41.7 Å². The van der Waals surface area contributed by atoms with Gasteiger partial charge >= 0.3 is 0 Å². The summed E-state index contributed by atoms with van der Waals surface area (Å²) < 4.78 is 1.70. The van der Waals surface area contributed by atoms with Gasteiger partial charge in [0.25, 0.3) is 0 Å². The summed E-state index contributed by atoms with van der Waals surface area (Å²) >= 11 is 1.52. The Morgan fingerprint density at radius 1 is 1.26 bits per heavy atom. The van der Waals surface area contributed by atoms with Gasteiger partial charge in [0.05, 0.1) is 25.4 Å². The highest BCUT2D eigenvalue weighted by molar-refractivity contribution is 7.18. The lowest BCUT2D eigenvalue weighted by Crippen LogP contribution is -2.04. The number of hydrogen-bond donors (Lipinski definition) is 2. The molecule has 0 fully saturated rings. The molecule has 9 nitrogen and oxygen atoms in total. The van der Waals surface area contributed by atoms with E-state index < -0.39 is 0 Å². The van der Waals surface area contributed by atoms with Crippen molar-refractivity contribution in [3.05, 3.63) is 47.4 Å². The predicted octanol–water partition coefficient (Wildman–Crippen LogP) is 1.24. The van der Waals surface area contributed by atoms with Gasteiger partial charge in [-0.05, 0) is 24.3 Å². The lowest BCUT2D eigenvalue weighted by molar-refractivity contribution is 0.307. The molecule has 0 radical (unpaired) electrons. The number of hydrogen-bond acceptors (Lipinski definition) is 9. The van der Waals surface area contributed by atoms with Gasteiger partial charge in [0.1, 0.15) is 20.9 Å². The summed E-state index contributed by atoms with van der Waals surface area (Å²) in [7, 11) is 0. The molecule has 4 aromatic rings. The minimum absolute atomic E-state index is 0.0193. The van der Waals surface area contributed by atoms with Crippen LogP contribution in [0.25, 0.3) is 27.1 Å². The third-order valence-corrected chi connectivity index (χ3v) is 4.75. The highest BCUT2D eigenvalue weighted by Gasteiger charge is 2.12. The monoisotopic (exact) mass is 380 g/mol. The fourth-order valence-corrected chi connectivity index (χ4v) is 3.43. The minimum Gasteiger partial charge on any atom is -0.404 e. The van der Waals surface area contributed by atoms with Crippen LogP contribution in [0.5, 0.6) is 0 Å². The van der Waals surface area contributed by atoms with E-state index >= 15 is 0 Å². The molecule has 0 amide bonds. The number of aliphatic imine (C=N–C) groups is 1. The molecule has 0 bridgehead atoms. The van der Waals surface area contributed by atoms with Gasteiger partial charge in [-0.15, -0.1) is 5.10 Å². The third kappa shape index (κ3) is 3.52. The van der Waals surface area contributed by atoms with Gasteiger partial charge in [0.2, 0.25) is 0 Å². The number of nitrogens with zero attached hydrogens (tertiary/aromatic N) is 7. The maximum atomic E-state index is 8.86. The Morgan fingerprint density at radius 2 is 2.19 bits per heavy atom. The number of nitrogens with two attached hydrogens (primary N) is 1. The normalized spacial score (nSPS) is 12.6. The molecule has 0 aliphatic rings. The molecule has 3 N–H and O–H groups in total. The number of fused-ring (bicyclic) bond motifs is 2. The molecule has 0 atom stereocenters. The fourth-order valence-electron chi connectivity index (χ4n) is 2.55. The summed E-state index contributed by atoms with van der Waals surface area (Å²) in [5.74, 6) is 0. The Bertz CT molecular complexity index is 1110. The number of aliphatic hydroxyl groups is 1. The standard InChI is InChI=1S/C17H16N8OS/c18-8-11(9-19-6-7-26)12-3-4-13-16(22-12)25(24-23-13)10-15-21-14-2-1-5-20-17(14)27-15/h1-5,8-9,26H,6-7,10,18H2. The fraction of sp³-hybridized carbons (Fsp3) is 0.176. The van der Waals surface area contributed by atoms with Crippen LogP contribution in [-0.2, 0) is 6.54 Å². The van der Waals surface area contributed by atoms with Gasteiger partial charge in [-0.1, -0.05) is 16.6 Å². The number of aromatic nitrogens is 6. The Labute approximate surface area is 157 Å². The maximum Gasteiger partial charge on any atom is 0.179 e.